The number of nitrogens with one attached hydrogen (secondary N) is 1. The summed E-state index contributed by atoms with van der Waals surface area (Å²) >= 11 is 0. The predicted octanol–water partition coefficient (Wildman–Crippen LogP) is 1.48. The third kappa shape index (κ3) is 2.58. The Kier molecular flexibility index (Phi) is 3.88. The third-order valence-corrected chi connectivity index (χ3v) is 4.49. The molecule has 94 valence electrons. The summed E-state index contributed by atoms with van der Waals surface area (Å²) in [6.45, 7) is 5.92. The first kappa shape index (κ1) is 12.3. The molecule has 0 aromatic carbocycles. The lowest BCUT2D eigenvalue weighted by Crippen LogP contribution is -2.56. The minimum absolute atomic E-state index is 0.511. The standard InChI is InChI=1S/C13H26N2O/c1-9-8-15(3)10(2)5-13(9)14-11-6-12(7-11)16-4/h9-14H,5-8H2,1-4H3. The van der Waals surface area contributed by atoms with E-state index in [1.54, 1.807) is 0 Å². The van der Waals surface area contributed by atoms with Crippen LogP contribution < -0.4 is 5.32 Å². The van der Waals surface area contributed by atoms with Crippen molar-refractivity contribution in [2.45, 2.75) is 57.3 Å². The topological polar surface area (TPSA) is 24.5 Å². The molecule has 1 N–H and O–H groups in total. The highest BCUT2D eigenvalue weighted by atomic mass is 16.5. The number of methoxy groups -OCH3 is 1. The number of piperidine rings is 1. The summed E-state index contributed by atoms with van der Waals surface area (Å²) in [4.78, 5) is 2.47. The maximum atomic E-state index is 5.32. The fraction of sp³-hybridized carbons (Fsp3) is 1.00. The molecule has 3 nitrogen and oxygen atoms in total. The molecule has 0 aromatic heterocycles. The van der Waals surface area contributed by atoms with Crippen LogP contribution in [0.25, 0.3) is 0 Å². The molecule has 1 saturated heterocycles. The minimum atomic E-state index is 0.511. The van der Waals surface area contributed by atoms with Gasteiger partial charge >= 0.3 is 0 Å². The Hall–Kier alpha value is -0.120. The molecule has 2 fully saturated rings. The maximum Gasteiger partial charge on any atom is 0.0601 e. The van der Waals surface area contributed by atoms with E-state index in [1.807, 2.05) is 7.11 Å². The largest absolute Gasteiger partial charge is 0.381 e. The molecule has 1 heterocycles. The zero-order valence-corrected chi connectivity index (χ0v) is 11.1. The SMILES string of the molecule is COC1CC(NC2CC(C)N(C)CC2C)C1. The van der Waals surface area contributed by atoms with Crippen LogP contribution in [0.15, 0.2) is 0 Å². The van der Waals surface area contributed by atoms with Crippen LogP contribution in [0.5, 0.6) is 0 Å². The van der Waals surface area contributed by atoms with Gasteiger partial charge in [-0.25, -0.2) is 0 Å². The molecule has 2 rings (SSSR count). The van der Waals surface area contributed by atoms with E-state index >= 15 is 0 Å². The molecule has 0 aromatic rings. The van der Waals surface area contributed by atoms with Gasteiger partial charge in [0.25, 0.3) is 0 Å². The Morgan fingerprint density at radius 3 is 2.50 bits per heavy atom. The molecule has 0 amide bonds. The van der Waals surface area contributed by atoms with Crippen LogP contribution in [-0.2, 0) is 4.74 Å². The van der Waals surface area contributed by atoms with E-state index < -0.39 is 0 Å². The highest BCUT2D eigenvalue weighted by Crippen LogP contribution is 2.27. The van der Waals surface area contributed by atoms with Gasteiger partial charge in [-0.2, -0.15) is 0 Å². The average molecular weight is 226 g/mol. The van der Waals surface area contributed by atoms with Crippen LogP contribution in [0.3, 0.4) is 0 Å². The third-order valence-electron chi connectivity index (χ3n) is 4.49. The van der Waals surface area contributed by atoms with Crippen LogP contribution in [0.1, 0.15) is 33.1 Å². The maximum absolute atomic E-state index is 5.32. The van der Waals surface area contributed by atoms with E-state index in [1.165, 1.54) is 25.8 Å². The fourth-order valence-electron chi connectivity index (χ4n) is 2.97. The highest BCUT2D eigenvalue weighted by Gasteiger charge is 2.35. The molecule has 3 heteroatoms. The number of likely N-dealkylation sites (tertiary alicyclic amines) is 1. The van der Waals surface area contributed by atoms with Gasteiger partial charge in [0.15, 0.2) is 0 Å². The van der Waals surface area contributed by atoms with Crippen LogP contribution in [0.2, 0.25) is 0 Å². The predicted molar refractivity (Wildman–Crippen MR) is 66.6 cm³/mol. The summed E-state index contributed by atoms with van der Waals surface area (Å²) in [5, 5.41) is 3.81. The van der Waals surface area contributed by atoms with Gasteiger partial charge in [-0.05, 0) is 39.2 Å². The van der Waals surface area contributed by atoms with Crippen molar-refractivity contribution in [3.8, 4) is 0 Å². The van der Waals surface area contributed by atoms with E-state index in [0.29, 0.717) is 24.2 Å². The summed E-state index contributed by atoms with van der Waals surface area (Å²) in [6.07, 6.45) is 4.19. The van der Waals surface area contributed by atoms with Crippen molar-refractivity contribution in [3.63, 3.8) is 0 Å². The Morgan fingerprint density at radius 2 is 1.88 bits per heavy atom. The van der Waals surface area contributed by atoms with Gasteiger partial charge in [0.1, 0.15) is 0 Å². The van der Waals surface area contributed by atoms with Gasteiger partial charge < -0.3 is 15.0 Å². The van der Waals surface area contributed by atoms with Crippen molar-refractivity contribution in [1.82, 2.24) is 10.2 Å². The van der Waals surface area contributed by atoms with Crippen LogP contribution in [-0.4, -0.2) is 49.8 Å². The van der Waals surface area contributed by atoms with Crippen LogP contribution in [0.4, 0.5) is 0 Å². The van der Waals surface area contributed by atoms with Gasteiger partial charge in [0.05, 0.1) is 6.10 Å². The zero-order chi connectivity index (χ0) is 11.7. The second-order valence-electron chi connectivity index (χ2n) is 5.80. The second kappa shape index (κ2) is 5.03. The van der Waals surface area contributed by atoms with Gasteiger partial charge in [-0.1, -0.05) is 6.92 Å². The first-order chi connectivity index (χ1) is 7.60. The first-order valence-electron chi connectivity index (χ1n) is 6.59. The van der Waals surface area contributed by atoms with E-state index in [4.69, 9.17) is 4.74 Å². The smallest absolute Gasteiger partial charge is 0.0601 e. The lowest BCUT2D eigenvalue weighted by atomic mass is 9.84. The van der Waals surface area contributed by atoms with Crippen molar-refractivity contribution in [2.75, 3.05) is 20.7 Å². The lowest BCUT2D eigenvalue weighted by Gasteiger charge is -2.44. The van der Waals surface area contributed by atoms with Crippen LogP contribution in [0, 0.1) is 5.92 Å². The molecule has 1 aliphatic carbocycles. The minimum Gasteiger partial charge on any atom is -0.381 e. The van der Waals surface area contributed by atoms with E-state index in [-0.39, 0.29) is 0 Å². The van der Waals surface area contributed by atoms with Crippen molar-refractivity contribution < 1.29 is 4.74 Å². The van der Waals surface area contributed by atoms with Crippen molar-refractivity contribution in [2.24, 2.45) is 5.92 Å². The second-order valence-corrected chi connectivity index (χ2v) is 5.80. The number of nitrogens with zero attached hydrogens (tertiary/aromatic N) is 1. The van der Waals surface area contributed by atoms with E-state index in [2.05, 4.69) is 31.1 Å². The van der Waals surface area contributed by atoms with Crippen molar-refractivity contribution >= 4 is 0 Å². The van der Waals surface area contributed by atoms with E-state index in [9.17, 15) is 0 Å². The summed E-state index contributed by atoms with van der Waals surface area (Å²) < 4.78 is 5.32. The molecule has 2 aliphatic rings. The van der Waals surface area contributed by atoms with Gasteiger partial charge in [0.2, 0.25) is 0 Å². The Balaban J connectivity index is 1.77. The Morgan fingerprint density at radius 1 is 1.19 bits per heavy atom. The van der Waals surface area contributed by atoms with Gasteiger partial charge in [0, 0.05) is 31.8 Å². The number of ether oxygens (including phenoxy) is 1. The summed E-state index contributed by atoms with van der Waals surface area (Å²) in [7, 11) is 4.06. The molecule has 1 saturated carbocycles. The highest BCUT2D eigenvalue weighted by molar-refractivity contribution is 4.93. The number of hydrogen-bond acceptors (Lipinski definition) is 3. The number of rotatable bonds is 3. The van der Waals surface area contributed by atoms with Gasteiger partial charge in [-0.3, -0.25) is 0 Å². The molecule has 1 aliphatic heterocycles. The molecule has 16 heavy (non-hydrogen) atoms. The molecular formula is C13H26N2O. The fourth-order valence-corrected chi connectivity index (χ4v) is 2.97. The molecule has 3 unspecified atom stereocenters. The molecule has 3 atom stereocenters. The Labute approximate surface area is 99.5 Å². The molecule has 0 bridgehead atoms. The summed E-state index contributed by atoms with van der Waals surface area (Å²) in [5.41, 5.74) is 0. The monoisotopic (exact) mass is 226 g/mol. The Bertz CT molecular complexity index is 228. The normalized spacial score (nSPS) is 45.4. The van der Waals surface area contributed by atoms with Gasteiger partial charge in [-0.15, -0.1) is 0 Å². The zero-order valence-electron chi connectivity index (χ0n) is 11.1. The molecular weight excluding hydrogens is 200 g/mol. The van der Waals surface area contributed by atoms with Crippen molar-refractivity contribution in [3.05, 3.63) is 0 Å². The first-order valence-corrected chi connectivity index (χ1v) is 6.59. The average Bonchev–Trinajstić information content (AvgIpc) is 2.18. The summed E-state index contributed by atoms with van der Waals surface area (Å²) in [5.74, 6) is 0.766. The number of hydrogen-bond donors (Lipinski definition) is 1. The lowest BCUT2D eigenvalue weighted by molar-refractivity contribution is 0.00562. The van der Waals surface area contributed by atoms with Crippen molar-refractivity contribution in [1.29, 1.82) is 0 Å². The molecule has 0 radical (unpaired) electrons. The summed E-state index contributed by atoms with van der Waals surface area (Å²) in [6, 6.07) is 2.12. The quantitative estimate of drug-likeness (QED) is 0.789. The van der Waals surface area contributed by atoms with Crippen LogP contribution >= 0.6 is 0 Å². The van der Waals surface area contributed by atoms with E-state index in [0.717, 1.165) is 5.92 Å². The molecule has 0 spiro atoms.